The van der Waals surface area contributed by atoms with Gasteiger partial charge in [-0.3, -0.25) is 4.79 Å². The molecule has 0 atom stereocenters. The Balaban J connectivity index is 2.37. The van der Waals surface area contributed by atoms with Crippen LogP contribution in [0.2, 0.25) is 5.02 Å². The summed E-state index contributed by atoms with van der Waals surface area (Å²) in [6.45, 7) is 5.95. The standard InChI is InChI=1S/C16H20ClNO3/c1-16(2,3)21-15(20)18-9-5-4-6-12-7-8-13(11-19)14(17)10-12/h4,6-8,10-11H,5,9H2,1-3H3,(H,18,20). The van der Waals surface area contributed by atoms with Crippen molar-refractivity contribution in [2.24, 2.45) is 0 Å². The Morgan fingerprint density at radius 2 is 2.10 bits per heavy atom. The minimum atomic E-state index is -0.489. The fourth-order valence-electron chi connectivity index (χ4n) is 1.53. The number of halogens is 1. The highest BCUT2D eigenvalue weighted by molar-refractivity contribution is 6.33. The number of alkyl carbamates (subject to hydrolysis) is 1. The van der Waals surface area contributed by atoms with E-state index in [1.165, 1.54) is 0 Å². The molecule has 5 heteroatoms. The summed E-state index contributed by atoms with van der Waals surface area (Å²) >= 11 is 5.93. The number of nitrogens with one attached hydrogen (secondary N) is 1. The van der Waals surface area contributed by atoms with Crippen LogP contribution in [0.1, 0.15) is 43.1 Å². The lowest BCUT2D eigenvalue weighted by Gasteiger charge is -2.19. The van der Waals surface area contributed by atoms with Crippen molar-refractivity contribution in [2.75, 3.05) is 6.54 Å². The summed E-state index contributed by atoms with van der Waals surface area (Å²) in [6.07, 6.45) is 4.78. The Labute approximate surface area is 130 Å². The Morgan fingerprint density at radius 1 is 1.38 bits per heavy atom. The summed E-state index contributed by atoms with van der Waals surface area (Å²) in [5, 5.41) is 3.10. The Kier molecular flexibility index (Phi) is 6.43. The van der Waals surface area contributed by atoms with Gasteiger partial charge in [0, 0.05) is 12.1 Å². The lowest BCUT2D eigenvalue weighted by molar-refractivity contribution is 0.0528. The van der Waals surface area contributed by atoms with Crippen LogP contribution in [0.25, 0.3) is 6.08 Å². The van der Waals surface area contributed by atoms with Crippen LogP contribution >= 0.6 is 11.6 Å². The Bertz CT molecular complexity index is 533. The SMILES string of the molecule is CC(C)(C)OC(=O)NCCC=Cc1ccc(C=O)c(Cl)c1. The van der Waals surface area contributed by atoms with Gasteiger partial charge in [0.15, 0.2) is 6.29 Å². The molecule has 114 valence electrons. The van der Waals surface area contributed by atoms with Crippen molar-refractivity contribution in [1.82, 2.24) is 5.32 Å². The fourth-order valence-corrected chi connectivity index (χ4v) is 1.77. The molecule has 0 aliphatic heterocycles. The van der Waals surface area contributed by atoms with E-state index in [1.807, 2.05) is 39.0 Å². The lowest BCUT2D eigenvalue weighted by atomic mass is 10.1. The number of carbonyl (C=O) groups excluding carboxylic acids is 2. The molecular formula is C16H20ClNO3. The van der Waals surface area contributed by atoms with Crippen LogP contribution in [0, 0.1) is 0 Å². The molecule has 1 amide bonds. The van der Waals surface area contributed by atoms with E-state index in [0.29, 0.717) is 23.6 Å². The lowest BCUT2D eigenvalue weighted by Crippen LogP contribution is -2.32. The second-order valence-electron chi connectivity index (χ2n) is 5.52. The van der Waals surface area contributed by atoms with Gasteiger partial charge in [-0.25, -0.2) is 4.79 Å². The van der Waals surface area contributed by atoms with Gasteiger partial charge < -0.3 is 10.1 Å². The van der Waals surface area contributed by atoms with Crippen LogP contribution in [0.5, 0.6) is 0 Å². The van der Waals surface area contributed by atoms with Gasteiger partial charge in [-0.2, -0.15) is 0 Å². The molecule has 1 N–H and O–H groups in total. The van der Waals surface area contributed by atoms with Gasteiger partial charge >= 0.3 is 6.09 Å². The smallest absolute Gasteiger partial charge is 0.407 e. The molecule has 0 spiro atoms. The van der Waals surface area contributed by atoms with E-state index in [2.05, 4.69) is 5.32 Å². The highest BCUT2D eigenvalue weighted by Crippen LogP contribution is 2.17. The summed E-state index contributed by atoms with van der Waals surface area (Å²) in [7, 11) is 0. The maximum Gasteiger partial charge on any atom is 0.407 e. The average molecular weight is 310 g/mol. The first-order valence-corrected chi connectivity index (χ1v) is 7.08. The quantitative estimate of drug-likeness (QED) is 0.658. The third kappa shape index (κ3) is 6.95. The van der Waals surface area contributed by atoms with E-state index in [4.69, 9.17) is 16.3 Å². The van der Waals surface area contributed by atoms with Gasteiger partial charge in [-0.15, -0.1) is 0 Å². The first-order chi connectivity index (χ1) is 9.81. The molecule has 0 aromatic heterocycles. The summed E-state index contributed by atoms with van der Waals surface area (Å²) in [5.41, 5.74) is 0.889. The van der Waals surface area contributed by atoms with Crippen molar-refractivity contribution in [3.05, 3.63) is 40.4 Å². The second kappa shape index (κ2) is 7.84. The highest BCUT2D eigenvalue weighted by atomic mass is 35.5. The molecule has 1 aromatic rings. The molecule has 0 unspecified atom stereocenters. The minimum Gasteiger partial charge on any atom is -0.444 e. The topological polar surface area (TPSA) is 55.4 Å². The van der Waals surface area contributed by atoms with Crippen molar-refractivity contribution < 1.29 is 14.3 Å². The second-order valence-corrected chi connectivity index (χ2v) is 5.93. The first kappa shape index (κ1) is 17.2. The van der Waals surface area contributed by atoms with E-state index >= 15 is 0 Å². The fraction of sp³-hybridized carbons (Fsp3) is 0.375. The average Bonchev–Trinajstić information content (AvgIpc) is 2.36. The van der Waals surface area contributed by atoms with E-state index in [-0.39, 0.29) is 0 Å². The molecule has 1 aromatic carbocycles. The number of amides is 1. The zero-order valence-corrected chi connectivity index (χ0v) is 13.2. The van der Waals surface area contributed by atoms with Crippen LogP contribution in [-0.2, 0) is 4.74 Å². The zero-order chi connectivity index (χ0) is 15.9. The van der Waals surface area contributed by atoms with Crippen molar-refractivity contribution in [2.45, 2.75) is 32.8 Å². The molecule has 0 saturated heterocycles. The van der Waals surface area contributed by atoms with E-state index in [0.717, 1.165) is 11.8 Å². The predicted molar refractivity (Wildman–Crippen MR) is 84.7 cm³/mol. The normalized spacial score (nSPS) is 11.4. The van der Waals surface area contributed by atoms with E-state index in [9.17, 15) is 9.59 Å². The Hall–Kier alpha value is -1.81. The number of ether oxygens (including phenoxy) is 1. The monoisotopic (exact) mass is 309 g/mol. The molecule has 0 aliphatic carbocycles. The largest absolute Gasteiger partial charge is 0.444 e. The summed E-state index contributed by atoms with van der Waals surface area (Å²) in [4.78, 5) is 22.0. The van der Waals surface area contributed by atoms with Crippen LogP contribution < -0.4 is 5.32 Å². The van der Waals surface area contributed by atoms with Gasteiger partial charge in [0.25, 0.3) is 0 Å². The number of rotatable bonds is 5. The predicted octanol–water partition coefficient (Wildman–Crippen LogP) is 4.08. The van der Waals surface area contributed by atoms with Gasteiger partial charge in [0.05, 0.1) is 5.02 Å². The summed E-state index contributed by atoms with van der Waals surface area (Å²) in [6, 6.07) is 5.21. The number of aldehydes is 1. The van der Waals surface area contributed by atoms with Crippen LogP contribution in [0.3, 0.4) is 0 Å². The molecule has 21 heavy (non-hydrogen) atoms. The third-order valence-corrected chi connectivity index (χ3v) is 2.77. The van der Waals surface area contributed by atoms with Gasteiger partial charge in [0.1, 0.15) is 5.60 Å². The zero-order valence-electron chi connectivity index (χ0n) is 12.5. The van der Waals surface area contributed by atoms with Crippen LogP contribution in [0.15, 0.2) is 24.3 Å². The molecule has 0 radical (unpaired) electrons. The van der Waals surface area contributed by atoms with Crippen molar-refractivity contribution in [3.63, 3.8) is 0 Å². The maximum atomic E-state index is 11.4. The van der Waals surface area contributed by atoms with Crippen LogP contribution in [-0.4, -0.2) is 24.5 Å². The van der Waals surface area contributed by atoms with Crippen LogP contribution in [0.4, 0.5) is 4.79 Å². The number of hydrogen-bond donors (Lipinski definition) is 1. The van der Waals surface area contributed by atoms with E-state index in [1.54, 1.807) is 12.1 Å². The number of carbonyl (C=O) groups is 2. The molecule has 4 nitrogen and oxygen atoms in total. The molecule has 0 heterocycles. The van der Waals surface area contributed by atoms with Gasteiger partial charge in [-0.1, -0.05) is 29.8 Å². The minimum absolute atomic E-state index is 0.422. The molecule has 0 aliphatic rings. The highest BCUT2D eigenvalue weighted by Gasteiger charge is 2.15. The third-order valence-electron chi connectivity index (χ3n) is 2.44. The van der Waals surface area contributed by atoms with Gasteiger partial charge in [-0.05, 0) is 44.9 Å². The first-order valence-electron chi connectivity index (χ1n) is 6.70. The van der Waals surface area contributed by atoms with E-state index < -0.39 is 11.7 Å². The molecule has 0 fully saturated rings. The maximum absolute atomic E-state index is 11.4. The molecule has 0 bridgehead atoms. The number of benzene rings is 1. The molecule has 0 saturated carbocycles. The molecular weight excluding hydrogens is 290 g/mol. The van der Waals surface area contributed by atoms with Crippen molar-refractivity contribution >= 4 is 30.1 Å². The van der Waals surface area contributed by atoms with Gasteiger partial charge in [0.2, 0.25) is 0 Å². The van der Waals surface area contributed by atoms with Crippen molar-refractivity contribution in [3.8, 4) is 0 Å². The summed E-state index contributed by atoms with van der Waals surface area (Å²) < 4.78 is 5.12. The van der Waals surface area contributed by atoms with Crippen molar-refractivity contribution in [1.29, 1.82) is 0 Å². The summed E-state index contributed by atoms with van der Waals surface area (Å²) in [5.74, 6) is 0. The Morgan fingerprint density at radius 3 is 2.67 bits per heavy atom. The number of hydrogen-bond acceptors (Lipinski definition) is 3. The molecule has 1 rings (SSSR count).